The first-order chi connectivity index (χ1) is 10.8. The lowest BCUT2D eigenvalue weighted by atomic mass is 10.2. The Balaban J connectivity index is 3.45. The van der Waals surface area contributed by atoms with E-state index in [4.69, 9.17) is 20.5 Å². The van der Waals surface area contributed by atoms with Gasteiger partial charge in [-0.1, -0.05) is 0 Å². The van der Waals surface area contributed by atoms with Crippen LogP contribution in [-0.2, 0) is 10.0 Å². The van der Waals surface area contributed by atoms with Gasteiger partial charge in [-0.3, -0.25) is 0 Å². The SMILES string of the molecule is COc1ccc(NC(C#N)=C(C#N)C#N)cc1S(=O)(=O)N(C)C. The van der Waals surface area contributed by atoms with Crippen LogP contribution in [-0.4, -0.2) is 33.9 Å². The molecule has 9 heteroatoms. The van der Waals surface area contributed by atoms with Gasteiger partial charge in [-0.05, 0) is 18.2 Å². The standard InChI is InChI=1S/C14H13N5O3S/c1-19(2)23(20,21)14-6-11(4-5-13(14)22-3)18-12(9-17)10(7-15)8-16/h4-6,18H,1-3H3. The van der Waals surface area contributed by atoms with Crippen molar-refractivity contribution in [2.45, 2.75) is 4.90 Å². The topological polar surface area (TPSA) is 130 Å². The van der Waals surface area contributed by atoms with Gasteiger partial charge >= 0.3 is 0 Å². The van der Waals surface area contributed by atoms with Gasteiger partial charge in [-0.15, -0.1) is 0 Å². The highest BCUT2D eigenvalue weighted by Crippen LogP contribution is 2.29. The maximum Gasteiger partial charge on any atom is 0.246 e. The third-order valence-electron chi connectivity index (χ3n) is 2.78. The van der Waals surface area contributed by atoms with E-state index in [2.05, 4.69) is 5.32 Å². The molecule has 0 aromatic heterocycles. The molecule has 118 valence electrons. The van der Waals surface area contributed by atoms with Crippen molar-refractivity contribution < 1.29 is 13.2 Å². The lowest BCUT2D eigenvalue weighted by Crippen LogP contribution is -2.23. The minimum Gasteiger partial charge on any atom is -0.495 e. The molecular weight excluding hydrogens is 318 g/mol. The molecule has 0 bridgehead atoms. The maximum atomic E-state index is 12.3. The highest BCUT2D eigenvalue weighted by molar-refractivity contribution is 7.89. The number of nitrogens with zero attached hydrogens (tertiary/aromatic N) is 4. The van der Waals surface area contributed by atoms with Crippen molar-refractivity contribution in [2.75, 3.05) is 26.5 Å². The average molecular weight is 331 g/mol. The molecule has 0 spiro atoms. The Morgan fingerprint density at radius 3 is 2.22 bits per heavy atom. The molecule has 0 heterocycles. The Kier molecular flexibility index (Phi) is 5.69. The molecule has 0 amide bonds. The van der Waals surface area contributed by atoms with Crippen LogP contribution < -0.4 is 10.1 Å². The fraction of sp³-hybridized carbons (Fsp3) is 0.214. The minimum atomic E-state index is -3.78. The van der Waals surface area contributed by atoms with Gasteiger partial charge in [-0.25, -0.2) is 12.7 Å². The van der Waals surface area contributed by atoms with Gasteiger partial charge in [0.1, 0.15) is 34.5 Å². The monoisotopic (exact) mass is 331 g/mol. The zero-order chi connectivity index (χ0) is 17.6. The number of hydrogen-bond acceptors (Lipinski definition) is 7. The molecule has 0 aliphatic heterocycles. The van der Waals surface area contributed by atoms with E-state index in [9.17, 15) is 8.42 Å². The molecule has 1 aromatic rings. The summed E-state index contributed by atoms with van der Waals surface area (Å²) in [4.78, 5) is -0.109. The number of anilines is 1. The number of allylic oxidation sites excluding steroid dienone is 2. The highest BCUT2D eigenvalue weighted by Gasteiger charge is 2.23. The van der Waals surface area contributed by atoms with Crippen molar-refractivity contribution in [2.24, 2.45) is 0 Å². The van der Waals surface area contributed by atoms with Gasteiger partial charge in [0.25, 0.3) is 0 Å². The van der Waals surface area contributed by atoms with Gasteiger partial charge in [0.05, 0.1) is 7.11 Å². The van der Waals surface area contributed by atoms with E-state index in [0.717, 1.165) is 4.31 Å². The zero-order valence-electron chi connectivity index (χ0n) is 12.7. The predicted molar refractivity (Wildman–Crippen MR) is 81.4 cm³/mol. The lowest BCUT2D eigenvalue weighted by molar-refractivity contribution is 0.400. The van der Waals surface area contributed by atoms with Gasteiger partial charge in [0.15, 0.2) is 5.57 Å². The molecule has 1 N–H and O–H groups in total. The number of nitriles is 3. The predicted octanol–water partition coefficient (Wildman–Crippen LogP) is 1.18. The van der Waals surface area contributed by atoms with Crippen LogP contribution in [0.15, 0.2) is 34.4 Å². The second kappa shape index (κ2) is 7.28. The first-order valence-corrected chi connectivity index (χ1v) is 7.58. The molecule has 0 saturated heterocycles. The third kappa shape index (κ3) is 3.78. The van der Waals surface area contributed by atoms with Gasteiger partial charge < -0.3 is 10.1 Å². The fourth-order valence-electron chi connectivity index (χ4n) is 1.58. The molecule has 0 unspecified atom stereocenters. The van der Waals surface area contributed by atoms with E-state index >= 15 is 0 Å². The van der Waals surface area contributed by atoms with Crippen molar-refractivity contribution >= 4 is 15.7 Å². The van der Waals surface area contributed by atoms with E-state index in [1.165, 1.54) is 39.4 Å². The Hall–Kier alpha value is -3.06. The summed E-state index contributed by atoms with van der Waals surface area (Å²) in [5, 5.41) is 29.2. The zero-order valence-corrected chi connectivity index (χ0v) is 13.5. The van der Waals surface area contributed by atoms with Crippen molar-refractivity contribution in [1.82, 2.24) is 4.31 Å². The maximum absolute atomic E-state index is 12.3. The van der Waals surface area contributed by atoms with Crippen LogP contribution in [0.5, 0.6) is 5.75 Å². The van der Waals surface area contributed by atoms with Gasteiger partial charge in [0.2, 0.25) is 10.0 Å². The molecule has 1 rings (SSSR count). The van der Waals surface area contributed by atoms with Crippen molar-refractivity contribution in [3.05, 3.63) is 29.5 Å². The Morgan fingerprint density at radius 1 is 1.17 bits per heavy atom. The van der Waals surface area contributed by atoms with Crippen molar-refractivity contribution in [1.29, 1.82) is 15.8 Å². The Morgan fingerprint density at radius 2 is 1.78 bits per heavy atom. The summed E-state index contributed by atoms with van der Waals surface area (Å²) in [6.07, 6.45) is 0. The highest BCUT2D eigenvalue weighted by atomic mass is 32.2. The number of benzene rings is 1. The van der Waals surface area contributed by atoms with Crippen LogP contribution in [0, 0.1) is 34.0 Å². The minimum absolute atomic E-state index is 0.109. The van der Waals surface area contributed by atoms with Crippen molar-refractivity contribution in [3.63, 3.8) is 0 Å². The first-order valence-electron chi connectivity index (χ1n) is 6.14. The Labute approximate surface area is 134 Å². The average Bonchev–Trinajstić information content (AvgIpc) is 2.54. The summed E-state index contributed by atoms with van der Waals surface area (Å²) in [6, 6.07) is 9.02. The molecule has 1 aromatic carbocycles. The lowest BCUT2D eigenvalue weighted by Gasteiger charge is -2.16. The van der Waals surface area contributed by atoms with Crippen LogP contribution in [0.25, 0.3) is 0 Å². The van der Waals surface area contributed by atoms with Crippen LogP contribution in [0.4, 0.5) is 5.69 Å². The van der Waals surface area contributed by atoms with Crippen LogP contribution in [0.1, 0.15) is 0 Å². The summed E-state index contributed by atoms with van der Waals surface area (Å²) in [6.45, 7) is 0. The van der Waals surface area contributed by atoms with Crippen molar-refractivity contribution in [3.8, 4) is 24.0 Å². The molecule has 0 saturated carbocycles. The van der Waals surface area contributed by atoms with E-state index < -0.39 is 15.6 Å². The number of sulfonamides is 1. The molecule has 23 heavy (non-hydrogen) atoms. The molecule has 0 aliphatic rings. The smallest absolute Gasteiger partial charge is 0.246 e. The van der Waals surface area contributed by atoms with Gasteiger partial charge in [0, 0.05) is 19.8 Å². The number of rotatable bonds is 5. The number of nitrogens with one attached hydrogen (secondary N) is 1. The molecule has 8 nitrogen and oxygen atoms in total. The quantitative estimate of drug-likeness (QED) is 0.802. The van der Waals surface area contributed by atoms with Crippen LogP contribution in [0.3, 0.4) is 0 Å². The van der Waals surface area contributed by atoms with E-state index in [0.29, 0.717) is 0 Å². The summed E-state index contributed by atoms with van der Waals surface area (Å²) in [7, 11) is 0.306. The molecule has 0 radical (unpaired) electrons. The van der Waals surface area contributed by atoms with E-state index in [1.807, 2.05) is 0 Å². The first kappa shape index (κ1) is 18.0. The third-order valence-corrected chi connectivity index (χ3v) is 4.61. The van der Waals surface area contributed by atoms with Crippen LogP contribution >= 0.6 is 0 Å². The normalized spacial score (nSPS) is 10.1. The summed E-state index contributed by atoms with van der Waals surface area (Å²) in [5.41, 5.74) is -0.445. The van der Waals surface area contributed by atoms with E-state index in [-0.39, 0.29) is 22.0 Å². The number of ether oxygens (including phenoxy) is 1. The summed E-state index contributed by atoms with van der Waals surface area (Å²) >= 11 is 0. The summed E-state index contributed by atoms with van der Waals surface area (Å²) in [5.74, 6) is 0.132. The Bertz CT molecular complexity index is 851. The van der Waals surface area contributed by atoms with Gasteiger partial charge in [-0.2, -0.15) is 15.8 Å². The second-order valence-corrected chi connectivity index (χ2v) is 6.48. The summed E-state index contributed by atoms with van der Waals surface area (Å²) < 4.78 is 30.7. The second-order valence-electron chi connectivity index (χ2n) is 4.36. The fourth-order valence-corrected chi connectivity index (χ4v) is 2.66. The number of methoxy groups -OCH3 is 1. The molecule has 0 atom stereocenters. The molecule has 0 aliphatic carbocycles. The molecular formula is C14H13N5O3S. The van der Waals surface area contributed by atoms with Crippen LogP contribution in [0.2, 0.25) is 0 Å². The molecule has 0 fully saturated rings. The van der Waals surface area contributed by atoms with E-state index in [1.54, 1.807) is 18.2 Å². The number of hydrogen-bond donors (Lipinski definition) is 1. The largest absolute Gasteiger partial charge is 0.495 e.